The van der Waals surface area contributed by atoms with E-state index in [1.807, 2.05) is 0 Å². The topological polar surface area (TPSA) is 98.7 Å². The Morgan fingerprint density at radius 1 is 1.06 bits per heavy atom. The fourth-order valence-electron chi connectivity index (χ4n) is 1.18. The first-order valence-electron chi connectivity index (χ1n) is 4.65. The maximum atomic E-state index is 11.1. The number of rotatable bonds is 9. The molecule has 0 fully saturated rings. The van der Waals surface area contributed by atoms with Crippen molar-refractivity contribution in [1.29, 1.82) is 0 Å². The van der Waals surface area contributed by atoms with Crippen LogP contribution in [-0.2, 0) is 9.59 Å². The molecule has 0 aliphatic rings. The fraction of sp³-hybridized carbons (Fsp3) is 0.750. The summed E-state index contributed by atoms with van der Waals surface area (Å²) in [4.78, 5) is 21.8. The largest absolute Gasteiger partial charge is 0.481 e. The lowest BCUT2D eigenvalue weighted by Crippen LogP contribution is -2.64. The van der Waals surface area contributed by atoms with Crippen LogP contribution in [0.1, 0.15) is 6.42 Å². The van der Waals surface area contributed by atoms with E-state index >= 15 is 0 Å². The van der Waals surface area contributed by atoms with Gasteiger partial charge in [0.2, 0.25) is 0 Å². The molecule has 0 saturated heterocycles. The van der Waals surface area contributed by atoms with E-state index in [1.165, 1.54) is 0 Å². The van der Waals surface area contributed by atoms with Gasteiger partial charge in [-0.15, -0.1) is 0 Å². The molecule has 16 heavy (non-hydrogen) atoms. The lowest BCUT2D eigenvalue weighted by Gasteiger charge is -2.30. The second-order valence-electron chi connectivity index (χ2n) is 3.08. The first-order valence-corrected chi connectivity index (χ1v) is 5.92. The van der Waals surface area contributed by atoms with E-state index in [1.54, 1.807) is 0 Å². The summed E-state index contributed by atoms with van der Waals surface area (Å²) in [5, 5.41) is 23.1. The molecule has 0 rings (SSSR count). The van der Waals surface area contributed by atoms with Gasteiger partial charge in [-0.3, -0.25) is 15.4 Å². The average Bonchev–Trinajstić information content (AvgIpc) is 2.21. The lowest BCUT2D eigenvalue weighted by atomic mass is 10.1. The van der Waals surface area contributed by atoms with Crippen molar-refractivity contribution < 1.29 is 19.8 Å². The molecular formula is C8H16N2O4S2. The van der Waals surface area contributed by atoms with E-state index in [2.05, 4.69) is 35.9 Å². The van der Waals surface area contributed by atoms with Crippen LogP contribution < -0.4 is 10.6 Å². The Bertz CT molecular complexity index is 242. The molecule has 0 spiro atoms. The molecule has 0 aliphatic heterocycles. The normalized spacial score (nSPS) is 11.4. The minimum absolute atomic E-state index is 0.294. The predicted octanol–water partition coefficient (Wildman–Crippen LogP) is -0.719. The van der Waals surface area contributed by atoms with E-state index in [-0.39, 0.29) is 0 Å². The van der Waals surface area contributed by atoms with Crippen molar-refractivity contribution in [2.24, 2.45) is 0 Å². The van der Waals surface area contributed by atoms with Gasteiger partial charge in [0.1, 0.15) is 0 Å². The van der Waals surface area contributed by atoms with Gasteiger partial charge in [0.25, 0.3) is 0 Å². The van der Waals surface area contributed by atoms with Gasteiger partial charge in [-0.05, 0) is 0 Å². The van der Waals surface area contributed by atoms with Gasteiger partial charge in [-0.2, -0.15) is 25.3 Å². The molecule has 0 aliphatic carbocycles. The number of nitrogens with one attached hydrogen (secondary N) is 2. The summed E-state index contributed by atoms with van der Waals surface area (Å²) in [7, 11) is 0. The second-order valence-corrected chi connectivity index (χ2v) is 3.98. The summed E-state index contributed by atoms with van der Waals surface area (Å²) in [6.45, 7) is 0.588. The van der Waals surface area contributed by atoms with Gasteiger partial charge in [-0.1, -0.05) is 0 Å². The molecule has 0 aromatic rings. The minimum atomic E-state index is -1.66. The highest BCUT2D eigenvalue weighted by atomic mass is 32.1. The highest BCUT2D eigenvalue weighted by Gasteiger charge is 2.39. The molecule has 94 valence electrons. The van der Waals surface area contributed by atoms with Crippen LogP contribution in [0.3, 0.4) is 0 Å². The lowest BCUT2D eigenvalue weighted by molar-refractivity contribution is -0.153. The van der Waals surface area contributed by atoms with Crippen LogP contribution in [0.5, 0.6) is 0 Å². The van der Waals surface area contributed by atoms with Gasteiger partial charge in [0.05, 0.1) is 6.42 Å². The summed E-state index contributed by atoms with van der Waals surface area (Å²) < 4.78 is 0. The van der Waals surface area contributed by atoms with Crippen LogP contribution in [0, 0.1) is 0 Å². The van der Waals surface area contributed by atoms with Crippen LogP contribution in [0.15, 0.2) is 0 Å². The van der Waals surface area contributed by atoms with E-state index in [0.29, 0.717) is 24.6 Å². The Hall–Kier alpha value is -0.440. The molecule has 0 unspecified atom stereocenters. The zero-order valence-electron chi connectivity index (χ0n) is 8.64. The first-order chi connectivity index (χ1) is 7.48. The summed E-state index contributed by atoms with van der Waals surface area (Å²) >= 11 is 7.87. The molecule has 0 amide bonds. The smallest absolute Gasteiger partial charge is 0.339 e. The highest BCUT2D eigenvalue weighted by molar-refractivity contribution is 7.80. The number of carboxylic acids is 2. The summed E-state index contributed by atoms with van der Waals surface area (Å²) in [6, 6.07) is 0. The van der Waals surface area contributed by atoms with Crippen LogP contribution in [0.4, 0.5) is 0 Å². The van der Waals surface area contributed by atoms with Crippen molar-refractivity contribution in [3.8, 4) is 0 Å². The van der Waals surface area contributed by atoms with Crippen LogP contribution in [0.25, 0.3) is 0 Å². The number of hydrogen-bond acceptors (Lipinski definition) is 6. The molecule has 0 aromatic carbocycles. The number of thiol groups is 2. The Balaban J connectivity index is 4.73. The number of carboxylic acid groups (broad SMARTS) is 2. The minimum Gasteiger partial charge on any atom is -0.481 e. The number of hydrogen-bond donors (Lipinski definition) is 6. The molecule has 8 heteroatoms. The zero-order valence-corrected chi connectivity index (χ0v) is 10.4. The van der Waals surface area contributed by atoms with Crippen molar-refractivity contribution in [1.82, 2.24) is 10.6 Å². The van der Waals surface area contributed by atoms with Crippen molar-refractivity contribution >= 4 is 37.2 Å². The highest BCUT2D eigenvalue weighted by Crippen LogP contribution is 2.07. The van der Waals surface area contributed by atoms with Gasteiger partial charge in [0.15, 0.2) is 5.66 Å². The van der Waals surface area contributed by atoms with Gasteiger partial charge < -0.3 is 10.2 Å². The molecule has 6 nitrogen and oxygen atoms in total. The third kappa shape index (κ3) is 5.06. The molecule has 0 bridgehead atoms. The van der Waals surface area contributed by atoms with Gasteiger partial charge in [0, 0.05) is 24.6 Å². The van der Waals surface area contributed by atoms with Crippen molar-refractivity contribution in [3.05, 3.63) is 0 Å². The maximum Gasteiger partial charge on any atom is 0.339 e. The molecular weight excluding hydrogens is 252 g/mol. The summed E-state index contributed by atoms with van der Waals surface area (Å²) in [5.41, 5.74) is -1.66. The zero-order chi connectivity index (χ0) is 12.6. The van der Waals surface area contributed by atoms with Crippen LogP contribution in [-0.4, -0.2) is 52.4 Å². The van der Waals surface area contributed by atoms with Crippen molar-refractivity contribution in [2.75, 3.05) is 24.6 Å². The summed E-state index contributed by atoms with van der Waals surface area (Å²) in [5.74, 6) is -1.62. The van der Waals surface area contributed by atoms with Crippen LogP contribution in [0.2, 0.25) is 0 Å². The Labute approximate surface area is 105 Å². The molecule has 4 N–H and O–H groups in total. The molecule has 0 aromatic heterocycles. The molecule has 0 atom stereocenters. The Morgan fingerprint density at radius 2 is 1.50 bits per heavy atom. The fourth-order valence-corrected chi connectivity index (χ4v) is 1.40. The third-order valence-electron chi connectivity index (χ3n) is 1.86. The first kappa shape index (κ1) is 15.6. The average molecular weight is 268 g/mol. The predicted molar refractivity (Wildman–Crippen MR) is 66.3 cm³/mol. The van der Waals surface area contributed by atoms with Crippen LogP contribution >= 0.6 is 25.3 Å². The maximum absolute atomic E-state index is 11.1. The molecule has 0 saturated carbocycles. The van der Waals surface area contributed by atoms with Gasteiger partial charge in [-0.25, -0.2) is 4.79 Å². The number of aliphatic carboxylic acids is 2. The van der Waals surface area contributed by atoms with E-state index in [4.69, 9.17) is 10.2 Å². The monoisotopic (exact) mass is 268 g/mol. The standard InChI is InChI=1S/C8H16N2O4S2/c11-6(12)5-8(7(13)14,9-1-3-15)10-2-4-16/h9-10,15-16H,1-5H2,(H,11,12)(H,13,14). The van der Waals surface area contributed by atoms with E-state index in [0.717, 1.165) is 0 Å². The van der Waals surface area contributed by atoms with E-state index in [9.17, 15) is 9.59 Å². The van der Waals surface area contributed by atoms with E-state index < -0.39 is 24.0 Å². The quantitative estimate of drug-likeness (QED) is 0.244. The van der Waals surface area contributed by atoms with Crippen molar-refractivity contribution in [2.45, 2.75) is 12.1 Å². The SMILES string of the molecule is O=C(O)CC(NCCS)(NCCS)C(=O)O. The molecule has 0 heterocycles. The third-order valence-corrected chi connectivity index (χ3v) is 2.31. The molecule has 0 radical (unpaired) electrons. The van der Waals surface area contributed by atoms with Gasteiger partial charge >= 0.3 is 11.9 Å². The summed E-state index contributed by atoms with van der Waals surface area (Å²) in [6.07, 6.45) is -0.552. The Kier molecular flexibility index (Phi) is 7.56. The second kappa shape index (κ2) is 7.77. The Morgan fingerprint density at radius 3 is 1.75 bits per heavy atom. The van der Waals surface area contributed by atoms with Crippen molar-refractivity contribution in [3.63, 3.8) is 0 Å². The number of carbonyl (C=O) groups is 2.